The summed E-state index contributed by atoms with van der Waals surface area (Å²) in [4.78, 5) is 46.0. The van der Waals surface area contributed by atoms with Gasteiger partial charge in [0, 0.05) is 24.0 Å². The lowest BCUT2D eigenvalue weighted by molar-refractivity contribution is -0.138. The van der Waals surface area contributed by atoms with Crippen LogP contribution in [0.3, 0.4) is 0 Å². The maximum atomic E-state index is 13.3. The second-order valence-corrected chi connectivity index (χ2v) is 7.75. The fourth-order valence-corrected chi connectivity index (χ4v) is 3.78. The molecule has 0 N–H and O–H groups in total. The molecule has 4 rings (SSSR count). The zero-order chi connectivity index (χ0) is 21.8. The number of amides is 3. The summed E-state index contributed by atoms with van der Waals surface area (Å²) in [6, 6.07) is 18.6. The Balaban J connectivity index is 1.62. The van der Waals surface area contributed by atoms with Gasteiger partial charge in [-0.1, -0.05) is 48.0 Å². The predicted octanol–water partition coefficient (Wildman–Crippen LogP) is 3.64. The van der Waals surface area contributed by atoms with Crippen LogP contribution in [0, 0.1) is 0 Å². The second-order valence-electron chi connectivity index (χ2n) is 7.31. The Morgan fingerprint density at radius 1 is 1.00 bits per heavy atom. The number of aromatic nitrogens is 1. The first-order valence-corrected chi connectivity index (χ1v) is 10.3. The molecule has 0 spiro atoms. The molecule has 1 atom stereocenters. The van der Waals surface area contributed by atoms with Gasteiger partial charge in [-0.05, 0) is 41.5 Å². The van der Waals surface area contributed by atoms with Crippen LogP contribution in [0.1, 0.15) is 17.5 Å². The van der Waals surface area contributed by atoms with Crippen LogP contribution in [0.5, 0.6) is 0 Å². The highest BCUT2D eigenvalue weighted by atomic mass is 35.5. The first-order chi connectivity index (χ1) is 15.0. The van der Waals surface area contributed by atoms with Crippen molar-refractivity contribution in [2.24, 2.45) is 0 Å². The van der Waals surface area contributed by atoms with Crippen LogP contribution in [0.4, 0.5) is 5.69 Å². The van der Waals surface area contributed by atoms with E-state index in [0.717, 1.165) is 16.0 Å². The molecular formula is C24H20ClN3O3. The number of hydrogen-bond donors (Lipinski definition) is 0. The molecule has 0 radical (unpaired) electrons. The SMILES string of the molecule is O=C1CC(N(Cc2cccnc2)C(=O)Cc2ccccc2)C(=O)N1c1ccc(Cl)cc1. The first-order valence-electron chi connectivity index (χ1n) is 9.87. The van der Waals surface area contributed by atoms with Crippen LogP contribution < -0.4 is 4.90 Å². The van der Waals surface area contributed by atoms with E-state index >= 15 is 0 Å². The minimum atomic E-state index is -0.875. The van der Waals surface area contributed by atoms with Gasteiger partial charge in [0.15, 0.2) is 0 Å². The van der Waals surface area contributed by atoms with E-state index in [1.807, 2.05) is 36.4 Å². The molecule has 2 aromatic carbocycles. The van der Waals surface area contributed by atoms with Gasteiger partial charge in [0.1, 0.15) is 6.04 Å². The Hall–Kier alpha value is -3.51. The van der Waals surface area contributed by atoms with E-state index in [1.165, 1.54) is 4.90 Å². The van der Waals surface area contributed by atoms with Gasteiger partial charge >= 0.3 is 0 Å². The van der Waals surface area contributed by atoms with Crippen molar-refractivity contribution in [3.8, 4) is 0 Å². The lowest BCUT2D eigenvalue weighted by Crippen LogP contribution is -2.45. The highest BCUT2D eigenvalue weighted by Gasteiger charge is 2.44. The van der Waals surface area contributed by atoms with E-state index < -0.39 is 11.9 Å². The van der Waals surface area contributed by atoms with E-state index in [-0.39, 0.29) is 31.2 Å². The predicted molar refractivity (Wildman–Crippen MR) is 117 cm³/mol. The van der Waals surface area contributed by atoms with Crippen molar-refractivity contribution in [2.75, 3.05) is 4.90 Å². The van der Waals surface area contributed by atoms with E-state index in [4.69, 9.17) is 11.6 Å². The van der Waals surface area contributed by atoms with Crippen molar-refractivity contribution in [1.82, 2.24) is 9.88 Å². The zero-order valence-electron chi connectivity index (χ0n) is 16.6. The van der Waals surface area contributed by atoms with Gasteiger partial charge in [-0.3, -0.25) is 19.4 Å². The molecule has 156 valence electrons. The fraction of sp³-hybridized carbons (Fsp3) is 0.167. The Morgan fingerprint density at radius 2 is 1.71 bits per heavy atom. The molecule has 1 unspecified atom stereocenters. The molecule has 7 heteroatoms. The van der Waals surface area contributed by atoms with Crippen LogP contribution >= 0.6 is 11.6 Å². The quantitative estimate of drug-likeness (QED) is 0.556. The van der Waals surface area contributed by atoms with Gasteiger partial charge in [0.05, 0.1) is 18.5 Å². The Labute approximate surface area is 185 Å². The number of benzene rings is 2. The molecular weight excluding hydrogens is 414 g/mol. The average Bonchev–Trinajstić information content (AvgIpc) is 3.08. The normalized spacial score (nSPS) is 15.9. The number of carbonyl (C=O) groups is 3. The van der Waals surface area contributed by atoms with Crippen molar-refractivity contribution >= 4 is 35.0 Å². The summed E-state index contributed by atoms with van der Waals surface area (Å²) in [5, 5.41) is 0.510. The molecule has 1 fully saturated rings. The molecule has 0 aliphatic carbocycles. The minimum Gasteiger partial charge on any atom is -0.325 e. The first kappa shape index (κ1) is 20.8. The van der Waals surface area contributed by atoms with Crippen molar-refractivity contribution in [2.45, 2.75) is 25.4 Å². The van der Waals surface area contributed by atoms with E-state index in [9.17, 15) is 14.4 Å². The average molecular weight is 434 g/mol. The highest BCUT2D eigenvalue weighted by molar-refractivity contribution is 6.30. The number of rotatable bonds is 6. The van der Waals surface area contributed by atoms with Crippen molar-refractivity contribution in [3.05, 3.63) is 95.3 Å². The van der Waals surface area contributed by atoms with Gasteiger partial charge in [-0.15, -0.1) is 0 Å². The van der Waals surface area contributed by atoms with E-state index in [0.29, 0.717) is 10.7 Å². The summed E-state index contributed by atoms with van der Waals surface area (Å²) < 4.78 is 0. The van der Waals surface area contributed by atoms with Crippen LogP contribution in [0.2, 0.25) is 5.02 Å². The molecule has 3 aromatic rings. The van der Waals surface area contributed by atoms with Gasteiger partial charge in [0.25, 0.3) is 5.91 Å². The van der Waals surface area contributed by atoms with Crippen molar-refractivity contribution in [1.29, 1.82) is 0 Å². The monoisotopic (exact) mass is 433 g/mol. The molecule has 0 saturated carbocycles. The van der Waals surface area contributed by atoms with Gasteiger partial charge < -0.3 is 4.90 Å². The summed E-state index contributed by atoms with van der Waals surface area (Å²) in [5.74, 6) is -0.988. The Bertz CT molecular complexity index is 1090. The third-order valence-electron chi connectivity index (χ3n) is 5.18. The minimum absolute atomic E-state index is 0.0672. The number of anilines is 1. The maximum absolute atomic E-state index is 13.3. The zero-order valence-corrected chi connectivity index (χ0v) is 17.4. The summed E-state index contributed by atoms with van der Waals surface area (Å²) in [6.07, 6.45) is 3.37. The molecule has 0 bridgehead atoms. The van der Waals surface area contributed by atoms with Gasteiger partial charge in [-0.2, -0.15) is 0 Å². The molecule has 1 aromatic heterocycles. The third kappa shape index (κ3) is 4.64. The number of halogens is 1. The van der Waals surface area contributed by atoms with Gasteiger partial charge in [-0.25, -0.2) is 4.90 Å². The Morgan fingerprint density at radius 3 is 2.39 bits per heavy atom. The third-order valence-corrected chi connectivity index (χ3v) is 5.43. The van der Waals surface area contributed by atoms with Crippen molar-refractivity contribution in [3.63, 3.8) is 0 Å². The van der Waals surface area contributed by atoms with E-state index in [1.54, 1.807) is 42.7 Å². The lowest BCUT2D eigenvalue weighted by Gasteiger charge is -2.28. The topological polar surface area (TPSA) is 70.6 Å². The van der Waals surface area contributed by atoms with Crippen LogP contribution in [-0.4, -0.2) is 33.6 Å². The maximum Gasteiger partial charge on any atom is 0.257 e. The number of hydrogen-bond acceptors (Lipinski definition) is 4. The standard InChI is InChI=1S/C24H20ClN3O3/c25-19-8-10-20(11-9-19)28-23(30)14-21(24(28)31)27(16-18-7-4-12-26-15-18)22(29)13-17-5-2-1-3-6-17/h1-12,15,21H,13-14,16H2. The summed E-state index contributed by atoms with van der Waals surface area (Å²) >= 11 is 5.93. The van der Waals surface area contributed by atoms with Crippen LogP contribution in [0.15, 0.2) is 79.1 Å². The van der Waals surface area contributed by atoms with Crippen LogP contribution in [-0.2, 0) is 27.3 Å². The number of nitrogens with zero attached hydrogens (tertiary/aromatic N) is 3. The molecule has 2 heterocycles. The molecule has 31 heavy (non-hydrogen) atoms. The number of pyridine rings is 1. The number of carbonyl (C=O) groups excluding carboxylic acids is 3. The highest BCUT2D eigenvalue weighted by Crippen LogP contribution is 2.28. The largest absolute Gasteiger partial charge is 0.325 e. The van der Waals surface area contributed by atoms with Gasteiger partial charge in [0.2, 0.25) is 11.8 Å². The molecule has 3 amide bonds. The summed E-state index contributed by atoms with van der Waals surface area (Å²) in [7, 11) is 0. The molecule has 1 saturated heterocycles. The molecule has 1 aliphatic heterocycles. The Kier molecular flexibility index (Phi) is 6.09. The van der Waals surface area contributed by atoms with Crippen molar-refractivity contribution < 1.29 is 14.4 Å². The smallest absolute Gasteiger partial charge is 0.257 e. The van der Waals surface area contributed by atoms with E-state index in [2.05, 4.69) is 4.98 Å². The fourth-order valence-electron chi connectivity index (χ4n) is 3.65. The second kappa shape index (κ2) is 9.10. The summed E-state index contributed by atoms with van der Waals surface area (Å²) in [6.45, 7) is 0.192. The van der Waals surface area contributed by atoms with Crippen LogP contribution in [0.25, 0.3) is 0 Å². The number of imide groups is 1. The molecule has 1 aliphatic rings. The molecule has 6 nitrogen and oxygen atoms in total. The lowest BCUT2D eigenvalue weighted by atomic mass is 10.1. The summed E-state index contributed by atoms with van der Waals surface area (Å²) in [5.41, 5.74) is 2.07.